The minimum atomic E-state index is -0.267. The average molecular weight is 146 g/mol. The van der Waals surface area contributed by atoms with Gasteiger partial charge in [-0.25, -0.2) is 0 Å². The normalized spacial score (nSPS) is 16.8. The molecular weight excluding hydrogens is 128 g/mol. The van der Waals surface area contributed by atoms with Gasteiger partial charge in [0, 0.05) is 19.1 Å². The smallest absolute Gasteiger partial charge is 0.0662 e. The molecule has 0 saturated carbocycles. The van der Waals surface area contributed by atoms with Crippen molar-refractivity contribution in [3.8, 4) is 0 Å². The van der Waals surface area contributed by atoms with Crippen molar-refractivity contribution < 1.29 is 5.11 Å². The third-order valence-corrected chi connectivity index (χ3v) is 1.56. The Bertz CT molecular complexity index is 76.0. The van der Waals surface area contributed by atoms with Gasteiger partial charge in [-0.1, -0.05) is 0 Å². The quantitative estimate of drug-likeness (QED) is 0.461. The van der Waals surface area contributed by atoms with Gasteiger partial charge in [0.05, 0.1) is 6.10 Å². The van der Waals surface area contributed by atoms with Crippen LogP contribution in [-0.4, -0.2) is 37.4 Å². The Labute approximate surface area is 62.8 Å². The third-order valence-electron chi connectivity index (χ3n) is 1.56. The van der Waals surface area contributed by atoms with Gasteiger partial charge in [0.1, 0.15) is 0 Å². The zero-order valence-electron chi connectivity index (χ0n) is 7.02. The minimum absolute atomic E-state index is 0.188. The van der Waals surface area contributed by atoms with Gasteiger partial charge in [0.2, 0.25) is 0 Å². The molecule has 0 aromatic carbocycles. The molecule has 0 amide bonds. The van der Waals surface area contributed by atoms with Crippen LogP contribution in [0.2, 0.25) is 0 Å². The van der Waals surface area contributed by atoms with E-state index in [9.17, 15) is 0 Å². The molecule has 62 valence electrons. The van der Waals surface area contributed by atoms with Crippen molar-refractivity contribution in [1.29, 1.82) is 0 Å². The van der Waals surface area contributed by atoms with Crippen LogP contribution in [0, 0.1) is 0 Å². The Kier molecular flexibility index (Phi) is 5.58. The standard InChI is InChI=1S/C7H18N2O/c1-6(7(2)10)9-5-4-8-3/h6-10H,4-5H2,1-3H3. The summed E-state index contributed by atoms with van der Waals surface area (Å²) in [5.41, 5.74) is 0. The first-order valence-corrected chi connectivity index (χ1v) is 3.74. The molecule has 0 bridgehead atoms. The zero-order chi connectivity index (χ0) is 7.98. The molecular formula is C7H18N2O. The van der Waals surface area contributed by atoms with Crippen LogP contribution in [-0.2, 0) is 0 Å². The molecule has 0 aliphatic heterocycles. The number of hydrogen-bond donors (Lipinski definition) is 3. The van der Waals surface area contributed by atoms with Crippen molar-refractivity contribution in [3.05, 3.63) is 0 Å². The van der Waals surface area contributed by atoms with E-state index < -0.39 is 0 Å². The van der Waals surface area contributed by atoms with E-state index in [-0.39, 0.29) is 12.1 Å². The van der Waals surface area contributed by atoms with Gasteiger partial charge >= 0.3 is 0 Å². The maximum atomic E-state index is 9.04. The van der Waals surface area contributed by atoms with Gasteiger partial charge in [-0.15, -0.1) is 0 Å². The second-order valence-electron chi connectivity index (χ2n) is 2.59. The minimum Gasteiger partial charge on any atom is -0.392 e. The summed E-state index contributed by atoms with van der Waals surface area (Å²) in [5.74, 6) is 0. The van der Waals surface area contributed by atoms with Crippen LogP contribution in [0.1, 0.15) is 13.8 Å². The topological polar surface area (TPSA) is 44.3 Å². The van der Waals surface area contributed by atoms with Crippen LogP contribution in [0.25, 0.3) is 0 Å². The maximum absolute atomic E-state index is 9.04. The van der Waals surface area contributed by atoms with E-state index in [0.717, 1.165) is 13.1 Å². The number of likely N-dealkylation sites (N-methyl/N-ethyl adjacent to an activating group) is 1. The fourth-order valence-corrected chi connectivity index (χ4v) is 0.595. The van der Waals surface area contributed by atoms with Crippen molar-refractivity contribution >= 4 is 0 Å². The molecule has 0 spiro atoms. The van der Waals surface area contributed by atoms with Crippen molar-refractivity contribution in [2.45, 2.75) is 26.0 Å². The molecule has 0 rings (SSSR count). The van der Waals surface area contributed by atoms with E-state index in [1.54, 1.807) is 6.92 Å². The van der Waals surface area contributed by atoms with Gasteiger partial charge in [-0.3, -0.25) is 0 Å². The van der Waals surface area contributed by atoms with Gasteiger partial charge < -0.3 is 15.7 Å². The SMILES string of the molecule is CNCCNC(C)C(C)O. The van der Waals surface area contributed by atoms with Gasteiger partial charge in [0.25, 0.3) is 0 Å². The first kappa shape index (κ1) is 9.88. The molecule has 0 saturated heterocycles. The molecule has 3 heteroatoms. The van der Waals surface area contributed by atoms with E-state index in [0.29, 0.717) is 0 Å². The maximum Gasteiger partial charge on any atom is 0.0662 e. The lowest BCUT2D eigenvalue weighted by Gasteiger charge is -2.15. The highest BCUT2D eigenvalue weighted by Gasteiger charge is 2.05. The molecule has 0 aliphatic rings. The zero-order valence-corrected chi connectivity index (χ0v) is 7.02. The lowest BCUT2D eigenvalue weighted by Crippen LogP contribution is -2.38. The Balaban J connectivity index is 3.13. The highest BCUT2D eigenvalue weighted by Crippen LogP contribution is 1.87. The third kappa shape index (κ3) is 4.73. The summed E-state index contributed by atoms with van der Waals surface area (Å²) in [7, 11) is 1.91. The summed E-state index contributed by atoms with van der Waals surface area (Å²) in [5, 5.41) is 15.2. The van der Waals surface area contributed by atoms with E-state index in [2.05, 4.69) is 10.6 Å². The summed E-state index contributed by atoms with van der Waals surface area (Å²) >= 11 is 0. The Morgan fingerprint density at radius 3 is 2.30 bits per heavy atom. The molecule has 0 aliphatic carbocycles. The average Bonchev–Trinajstić information content (AvgIpc) is 1.88. The number of nitrogens with one attached hydrogen (secondary N) is 2. The van der Waals surface area contributed by atoms with E-state index in [1.165, 1.54) is 0 Å². The summed E-state index contributed by atoms with van der Waals surface area (Å²) in [4.78, 5) is 0. The fraction of sp³-hybridized carbons (Fsp3) is 1.00. The van der Waals surface area contributed by atoms with Gasteiger partial charge in [0.15, 0.2) is 0 Å². The highest BCUT2D eigenvalue weighted by molar-refractivity contribution is 4.65. The van der Waals surface area contributed by atoms with Crippen LogP contribution in [0.4, 0.5) is 0 Å². The van der Waals surface area contributed by atoms with Gasteiger partial charge in [-0.05, 0) is 20.9 Å². The fourth-order valence-electron chi connectivity index (χ4n) is 0.595. The lowest BCUT2D eigenvalue weighted by atomic mass is 10.2. The molecule has 3 nitrogen and oxygen atoms in total. The van der Waals surface area contributed by atoms with Crippen LogP contribution in [0.15, 0.2) is 0 Å². The molecule has 2 unspecified atom stereocenters. The molecule has 10 heavy (non-hydrogen) atoms. The van der Waals surface area contributed by atoms with E-state index in [1.807, 2.05) is 14.0 Å². The van der Waals surface area contributed by atoms with E-state index in [4.69, 9.17) is 5.11 Å². The summed E-state index contributed by atoms with van der Waals surface area (Å²) in [6.45, 7) is 5.61. The molecule has 0 aromatic heterocycles. The Morgan fingerprint density at radius 1 is 1.30 bits per heavy atom. The van der Waals surface area contributed by atoms with Crippen LogP contribution < -0.4 is 10.6 Å². The lowest BCUT2D eigenvalue weighted by molar-refractivity contribution is 0.153. The molecule has 2 atom stereocenters. The van der Waals surface area contributed by atoms with Crippen LogP contribution in [0.5, 0.6) is 0 Å². The number of rotatable bonds is 5. The number of aliphatic hydroxyl groups is 1. The number of aliphatic hydroxyl groups excluding tert-OH is 1. The van der Waals surface area contributed by atoms with Crippen molar-refractivity contribution in [1.82, 2.24) is 10.6 Å². The molecule has 0 radical (unpaired) electrons. The molecule has 3 N–H and O–H groups in total. The summed E-state index contributed by atoms with van der Waals surface area (Å²) in [6, 6.07) is 0.188. The first-order valence-electron chi connectivity index (χ1n) is 3.74. The van der Waals surface area contributed by atoms with Crippen LogP contribution >= 0.6 is 0 Å². The predicted octanol–water partition coefficient (Wildman–Crippen LogP) is -0.435. The predicted molar refractivity (Wildman–Crippen MR) is 43.1 cm³/mol. The molecule has 0 aromatic rings. The molecule has 0 fully saturated rings. The van der Waals surface area contributed by atoms with Crippen molar-refractivity contribution in [2.24, 2.45) is 0 Å². The summed E-state index contributed by atoms with van der Waals surface area (Å²) in [6.07, 6.45) is -0.267. The largest absolute Gasteiger partial charge is 0.392 e. The van der Waals surface area contributed by atoms with Crippen LogP contribution in [0.3, 0.4) is 0 Å². The second-order valence-corrected chi connectivity index (χ2v) is 2.59. The Hall–Kier alpha value is -0.120. The first-order chi connectivity index (χ1) is 4.68. The van der Waals surface area contributed by atoms with Gasteiger partial charge in [-0.2, -0.15) is 0 Å². The monoisotopic (exact) mass is 146 g/mol. The summed E-state index contributed by atoms with van der Waals surface area (Å²) < 4.78 is 0. The second kappa shape index (κ2) is 5.65. The van der Waals surface area contributed by atoms with Crippen molar-refractivity contribution in [2.75, 3.05) is 20.1 Å². The highest BCUT2D eigenvalue weighted by atomic mass is 16.3. The Morgan fingerprint density at radius 2 is 1.90 bits per heavy atom. The van der Waals surface area contributed by atoms with E-state index >= 15 is 0 Å². The van der Waals surface area contributed by atoms with Crippen molar-refractivity contribution in [3.63, 3.8) is 0 Å². The number of hydrogen-bond acceptors (Lipinski definition) is 3. The molecule has 0 heterocycles.